The van der Waals surface area contributed by atoms with Gasteiger partial charge in [-0.2, -0.15) is 0 Å². The van der Waals surface area contributed by atoms with Crippen LogP contribution in [-0.2, 0) is 16.6 Å². The highest BCUT2D eigenvalue weighted by Gasteiger charge is 2.18. The van der Waals surface area contributed by atoms with Crippen LogP contribution < -0.4 is 20.7 Å². The van der Waals surface area contributed by atoms with Crippen LogP contribution in [-0.4, -0.2) is 36.9 Å². The van der Waals surface area contributed by atoms with Gasteiger partial charge in [0.15, 0.2) is 0 Å². The van der Waals surface area contributed by atoms with Crippen LogP contribution in [0.1, 0.15) is 33.5 Å². The van der Waals surface area contributed by atoms with Gasteiger partial charge in [0.1, 0.15) is 11.6 Å². The van der Waals surface area contributed by atoms with Crippen LogP contribution >= 0.6 is 0 Å². The Morgan fingerprint density at radius 2 is 1.83 bits per heavy atom. The van der Waals surface area contributed by atoms with Crippen LogP contribution in [0.15, 0.2) is 41.3 Å². The predicted octanol–water partition coefficient (Wildman–Crippen LogP) is 1.10. The summed E-state index contributed by atoms with van der Waals surface area (Å²) in [6, 6.07) is 8.63. The summed E-state index contributed by atoms with van der Waals surface area (Å²) in [7, 11) is -2.69. The Hall–Kier alpha value is -3.44. The molecule has 0 aliphatic carbocycles. The number of methoxy groups -OCH3 is 1. The van der Waals surface area contributed by atoms with Gasteiger partial charge < -0.3 is 9.30 Å². The van der Waals surface area contributed by atoms with Gasteiger partial charge in [0, 0.05) is 12.1 Å². The zero-order valence-corrected chi connectivity index (χ0v) is 17.4. The first-order valence-electron chi connectivity index (χ1n) is 8.94. The second-order valence-corrected chi connectivity index (χ2v) is 7.98. The van der Waals surface area contributed by atoms with Crippen molar-refractivity contribution in [2.45, 2.75) is 25.3 Å². The number of rotatable bonds is 5. The van der Waals surface area contributed by atoms with Crippen LogP contribution in [0.2, 0.25) is 0 Å². The lowest BCUT2D eigenvalue weighted by Gasteiger charge is -2.11. The smallest absolute Gasteiger partial charge is 0.273 e. The number of ether oxygens (including phenoxy) is 1. The Labute approximate surface area is 173 Å². The first-order chi connectivity index (χ1) is 14.2. The van der Waals surface area contributed by atoms with Gasteiger partial charge in [-0.1, -0.05) is 0 Å². The van der Waals surface area contributed by atoms with E-state index in [0.29, 0.717) is 11.1 Å². The van der Waals surface area contributed by atoms with Crippen molar-refractivity contribution in [3.05, 3.63) is 53.3 Å². The minimum atomic E-state index is -4.01. The lowest BCUT2D eigenvalue weighted by Crippen LogP contribution is -2.41. The Balaban J connectivity index is 1.79. The maximum absolute atomic E-state index is 12.5. The van der Waals surface area contributed by atoms with Crippen molar-refractivity contribution < 1.29 is 22.7 Å². The Kier molecular flexibility index (Phi) is 5.76. The third-order valence-electron chi connectivity index (χ3n) is 4.55. The van der Waals surface area contributed by atoms with Crippen molar-refractivity contribution in [2.24, 2.45) is 5.14 Å². The van der Waals surface area contributed by atoms with Crippen LogP contribution in [0, 0.1) is 6.92 Å². The molecule has 3 aromatic rings. The number of benzene rings is 2. The number of aromatic nitrogens is 2. The number of hydrogen-bond acceptors (Lipinski definition) is 6. The van der Waals surface area contributed by atoms with Gasteiger partial charge >= 0.3 is 0 Å². The molecule has 0 aliphatic heterocycles. The van der Waals surface area contributed by atoms with E-state index in [1.165, 1.54) is 19.2 Å². The average molecular weight is 431 g/mol. The van der Waals surface area contributed by atoms with Crippen molar-refractivity contribution in [3.8, 4) is 5.75 Å². The molecule has 0 aliphatic rings. The number of nitrogens with one attached hydrogen (secondary N) is 2. The molecular weight excluding hydrogens is 410 g/mol. The molecule has 0 fully saturated rings. The second kappa shape index (κ2) is 8.13. The monoisotopic (exact) mass is 431 g/mol. The number of nitrogens with zero attached hydrogens (tertiary/aromatic N) is 2. The number of hydrazine groups is 1. The van der Waals surface area contributed by atoms with Crippen LogP contribution in [0.3, 0.4) is 0 Å². The Morgan fingerprint density at radius 3 is 2.47 bits per heavy atom. The molecule has 0 unspecified atom stereocenters. The van der Waals surface area contributed by atoms with Gasteiger partial charge in [-0.15, -0.1) is 0 Å². The SMILES string of the molecule is CCn1c(C)nc2cc(C(=O)NNC(=O)c3cc(S(N)(=O)=O)ccc3OC)ccc21. The Morgan fingerprint density at radius 1 is 1.13 bits per heavy atom. The molecule has 158 valence electrons. The van der Waals surface area contributed by atoms with Crippen LogP contribution in [0.25, 0.3) is 11.0 Å². The van der Waals surface area contributed by atoms with E-state index in [0.717, 1.165) is 24.0 Å². The van der Waals surface area contributed by atoms with Gasteiger partial charge in [-0.05, 0) is 50.2 Å². The fourth-order valence-electron chi connectivity index (χ4n) is 3.09. The summed E-state index contributed by atoms with van der Waals surface area (Å²) in [4.78, 5) is 29.1. The normalized spacial score (nSPS) is 11.3. The molecule has 0 bridgehead atoms. The van der Waals surface area contributed by atoms with Crippen LogP contribution in [0.5, 0.6) is 5.75 Å². The van der Waals surface area contributed by atoms with Crippen molar-refractivity contribution >= 4 is 32.9 Å². The van der Waals surface area contributed by atoms with E-state index in [1.54, 1.807) is 18.2 Å². The fourth-order valence-corrected chi connectivity index (χ4v) is 3.63. The number of hydrogen-bond donors (Lipinski definition) is 3. The molecule has 30 heavy (non-hydrogen) atoms. The minimum Gasteiger partial charge on any atom is -0.496 e. The van der Waals surface area contributed by atoms with E-state index in [4.69, 9.17) is 9.88 Å². The number of imidazole rings is 1. The van der Waals surface area contributed by atoms with Crippen LogP contribution in [0.4, 0.5) is 0 Å². The van der Waals surface area contributed by atoms with Crippen molar-refractivity contribution in [1.29, 1.82) is 0 Å². The second-order valence-electron chi connectivity index (χ2n) is 6.42. The predicted molar refractivity (Wildman–Crippen MR) is 109 cm³/mol. The molecule has 0 saturated carbocycles. The highest BCUT2D eigenvalue weighted by atomic mass is 32.2. The standard InChI is InChI=1S/C19H21N5O5S/c1-4-24-11(2)21-15-9-12(5-7-16(15)24)18(25)22-23-19(26)14-10-13(30(20,27)28)6-8-17(14)29-3/h5-10H,4H2,1-3H3,(H,22,25)(H,23,26)(H2,20,27,28). The lowest BCUT2D eigenvalue weighted by molar-refractivity contribution is 0.0845. The minimum absolute atomic E-state index is 0.0999. The largest absolute Gasteiger partial charge is 0.496 e. The molecular formula is C19H21N5O5S. The summed E-state index contributed by atoms with van der Waals surface area (Å²) in [5, 5.41) is 5.11. The lowest BCUT2D eigenvalue weighted by atomic mass is 10.2. The number of carbonyl (C=O) groups is 2. The highest BCUT2D eigenvalue weighted by molar-refractivity contribution is 7.89. The molecule has 0 radical (unpaired) electrons. The molecule has 0 spiro atoms. The third kappa shape index (κ3) is 4.11. The van der Waals surface area contributed by atoms with E-state index in [1.807, 2.05) is 18.4 Å². The highest BCUT2D eigenvalue weighted by Crippen LogP contribution is 2.22. The Bertz CT molecular complexity index is 1250. The fraction of sp³-hybridized carbons (Fsp3) is 0.211. The first-order valence-corrected chi connectivity index (χ1v) is 10.5. The summed E-state index contributed by atoms with van der Waals surface area (Å²) in [5.74, 6) is -0.371. The molecule has 2 amide bonds. The molecule has 1 heterocycles. The summed E-state index contributed by atoms with van der Waals surface area (Å²) in [6.45, 7) is 4.64. The molecule has 11 heteroatoms. The summed E-state index contributed by atoms with van der Waals surface area (Å²) in [6.07, 6.45) is 0. The molecule has 2 aromatic carbocycles. The number of amides is 2. The molecule has 10 nitrogen and oxygen atoms in total. The average Bonchev–Trinajstić information content (AvgIpc) is 3.04. The van der Waals surface area contributed by atoms with Crippen molar-refractivity contribution in [2.75, 3.05) is 7.11 Å². The van der Waals surface area contributed by atoms with Gasteiger partial charge in [0.25, 0.3) is 11.8 Å². The van der Waals surface area contributed by atoms with E-state index in [-0.39, 0.29) is 16.2 Å². The zero-order valence-electron chi connectivity index (χ0n) is 16.6. The summed E-state index contributed by atoms with van der Waals surface area (Å²) in [5.41, 5.74) is 6.31. The number of sulfonamides is 1. The van der Waals surface area contributed by atoms with E-state index >= 15 is 0 Å². The maximum Gasteiger partial charge on any atom is 0.273 e. The third-order valence-corrected chi connectivity index (χ3v) is 5.46. The number of fused-ring (bicyclic) bond motifs is 1. The topological polar surface area (TPSA) is 145 Å². The van der Waals surface area contributed by atoms with Gasteiger partial charge in [0.05, 0.1) is 28.6 Å². The number of nitrogens with two attached hydrogens (primary N) is 1. The molecule has 4 N–H and O–H groups in total. The van der Waals surface area contributed by atoms with E-state index in [9.17, 15) is 18.0 Å². The maximum atomic E-state index is 12.5. The number of primary sulfonamides is 1. The molecule has 3 rings (SSSR count). The van der Waals surface area contributed by atoms with E-state index in [2.05, 4.69) is 15.8 Å². The molecule has 1 aromatic heterocycles. The van der Waals surface area contributed by atoms with Crippen molar-refractivity contribution in [1.82, 2.24) is 20.4 Å². The molecule has 0 saturated heterocycles. The van der Waals surface area contributed by atoms with E-state index < -0.39 is 21.8 Å². The first kappa shape index (κ1) is 21.3. The molecule has 0 atom stereocenters. The number of aryl methyl sites for hydroxylation is 2. The zero-order chi connectivity index (χ0) is 22.1. The summed E-state index contributed by atoms with van der Waals surface area (Å²) >= 11 is 0. The number of carbonyl (C=O) groups excluding carboxylic acids is 2. The van der Waals surface area contributed by atoms with Crippen molar-refractivity contribution in [3.63, 3.8) is 0 Å². The van der Waals surface area contributed by atoms with Gasteiger partial charge in [0.2, 0.25) is 10.0 Å². The van der Waals surface area contributed by atoms with Gasteiger partial charge in [-0.25, -0.2) is 18.5 Å². The summed E-state index contributed by atoms with van der Waals surface area (Å²) < 4.78 is 30.2. The van der Waals surface area contributed by atoms with Gasteiger partial charge in [-0.3, -0.25) is 20.4 Å². The quantitative estimate of drug-likeness (QED) is 0.516.